The summed E-state index contributed by atoms with van der Waals surface area (Å²) in [5.74, 6) is 0.252. The normalized spacial score (nSPS) is 12.8. The number of hydrogen-bond acceptors (Lipinski definition) is 2. The van der Waals surface area contributed by atoms with Crippen molar-refractivity contribution in [2.24, 2.45) is 10.8 Å². The van der Waals surface area contributed by atoms with E-state index in [0.29, 0.717) is 5.69 Å². The Bertz CT molecular complexity index is 422. The molecular weight excluding hydrogens is 222 g/mol. The maximum atomic E-state index is 10.1. The summed E-state index contributed by atoms with van der Waals surface area (Å²) in [5.41, 5.74) is 8.94. The molecule has 0 fully saturated rings. The SMILES string of the molecule is CC(C)(C)Cc1cc(N)c(O)c(CC(C)(C)C)c1. The van der Waals surface area contributed by atoms with Crippen LogP contribution in [0.3, 0.4) is 0 Å². The van der Waals surface area contributed by atoms with Gasteiger partial charge in [-0.3, -0.25) is 0 Å². The van der Waals surface area contributed by atoms with Crippen molar-refractivity contribution in [3.8, 4) is 5.75 Å². The van der Waals surface area contributed by atoms with Crippen molar-refractivity contribution >= 4 is 5.69 Å². The Kier molecular flexibility index (Phi) is 3.99. The molecule has 0 aliphatic carbocycles. The van der Waals surface area contributed by atoms with Gasteiger partial charge in [-0.15, -0.1) is 0 Å². The van der Waals surface area contributed by atoms with Gasteiger partial charge in [-0.25, -0.2) is 0 Å². The molecule has 0 aliphatic rings. The van der Waals surface area contributed by atoms with Crippen LogP contribution in [0.15, 0.2) is 12.1 Å². The van der Waals surface area contributed by atoms with Gasteiger partial charge in [0.15, 0.2) is 0 Å². The Labute approximate surface area is 111 Å². The molecule has 0 aliphatic heterocycles. The van der Waals surface area contributed by atoms with Crippen LogP contribution in [0.4, 0.5) is 5.69 Å². The van der Waals surface area contributed by atoms with E-state index in [-0.39, 0.29) is 16.6 Å². The van der Waals surface area contributed by atoms with Gasteiger partial charge in [-0.05, 0) is 40.9 Å². The molecule has 0 bridgehead atoms. The molecule has 0 saturated carbocycles. The monoisotopic (exact) mass is 249 g/mol. The highest BCUT2D eigenvalue weighted by molar-refractivity contribution is 5.58. The molecule has 0 unspecified atom stereocenters. The molecule has 3 N–H and O–H groups in total. The molecule has 0 atom stereocenters. The first-order valence-electron chi connectivity index (χ1n) is 6.58. The van der Waals surface area contributed by atoms with Crippen LogP contribution in [0.2, 0.25) is 0 Å². The predicted octanol–water partition coefficient (Wildman–Crippen LogP) is 4.15. The lowest BCUT2D eigenvalue weighted by atomic mass is 9.84. The second-order valence-electron chi connectivity index (χ2n) is 7.67. The number of anilines is 1. The van der Waals surface area contributed by atoms with E-state index in [4.69, 9.17) is 5.73 Å². The maximum absolute atomic E-state index is 10.1. The molecule has 2 heteroatoms. The molecule has 1 rings (SSSR count). The lowest BCUT2D eigenvalue weighted by Crippen LogP contribution is -2.12. The average Bonchev–Trinajstić information content (AvgIpc) is 2.08. The maximum Gasteiger partial charge on any atom is 0.141 e. The quantitative estimate of drug-likeness (QED) is 0.611. The number of nitrogens with two attached hydrogens (primary N) is 1. The lowest BCUT2D eigenvalue weighted by molar-refractivity contribution is 0.392. The highest BCUT2D eigenvalue weighted by Crippen LogP contribution is 2.34. The van der Waals surface area contributed by atoms with Crippen LogP contribution >= 0.6 is 0 Å². The van der Waals surface area contributed by atoms with Crippen LogP contribution < -0.4 is 5.73 Å². The van der Waals surface area contributed by atoms with Gasteiger partial charge < -0.3 is 10.8 Å². The minimum absolute atomic E-state index is 0.143. The highest BCUT2D eigenvalue weighted by atomic mass is 16.3. The molecule has 0 saturated heterocycles. The van der Waals surface area contributed by atoms with E-state index in [1.165, 1.54) is 5.56 Å². The summed E-state index contributed by atoms with van der Waals surface area (Å²) < 4.78 is 0. The van der Waals surface area contributed by atoms with Crippen LogP contribution in [0.25, 0.3) is 0 Å². The summed E-state index contributed by atoms with van der Waals surface area (Å²) in [5, 5.41) is 10.1. The summed E-state index contributed by atoms with van der Waals surface area (Å²) >= 11 is 0. The van der Waals surface area contributed by atoms with Gasteiger partial charge in [-0.1, -0.05) is 47.6 Å². The van der Waals surface area contributed by atoms with Crippen molar-refractivity contribution in [2.75, 3.05) is 5.73 Å². The van der Waals surface area contributed by atoms with E-state index in [0.717, 1.165) is 18.4 Å². The van der Waals surface area contributed by atoms with Crippen molar-refractivity contribution in [1.29, 1.82) is 0 Å². The summed E-state index contributed by atoms with van der Waals surface area (Å²) in [6.45, 7) is 13.1. The molecule has 1 aromatic carbocycles. The van der Waals surface area contributed by atoms with E-state index in [9.17, 15) is 5.11 Å². The molecule has 1 aromatic rings. The van der Waals surface area contributed by atoms with Gasteiger partial charge in [0.05, 0.1) is 5.69 Å². The van der Waals surface area contributed by atoms with E-state index >= 15 is 0 Å². The molecule has 0 spiro atoms. The molecule has 102 valence electrons. The topological polar surface area (TPSA) is 46.2 Å². The largest absolute Gasteiger partial charge is 0.506 e. The zero-order valence-electron chi connectivity index (χ0n) is 12.6. The first-order valence-corrected chi connectivity index (χ1v) is 6.58. The first-order chi connectivity index (χ1) is 7.98. The van der Waals surface area contributed by atoms with Gasteiger partial charge in [-0.2, -0.15) is 0 Å². The summed E-state index contributed by atoms with van der Waals surface area (Å²) in [4.78, 5) is 0. The van der Waals surface area contributed by atoms with Crippen LogP contribution in [0, 0.1) is 10.8 Å². The van der Waals surface area contributed by atoms with Gasteiger partial charge >= 0.3 is 0 Å². The number of aromatic hydroxyl groups is 1. The Morgan fingerprint density at radius 2 is 1.44 bits per heavy atom. The number of benzene rings is 1. The Balaban J connectivity index is 3.11. The van der Waals surface area contributed by atoms with Crippen LogP contribution in [-0.4, -0.2) is 5.11 Å². The molecular formula is C16H27NO. The summed E-state index contributed by atoms with van der Waals surface area (Å²) in [6, 6.07) is 3.99. The van der Waals surface area contributed by atoms with Crippen molar-refractivity contribution < 1.29 is 5.11 Å². The van der Waals surface area contributed by atoms with Crippen LogP contribution in [-0.2, 0) is 12.8 Å². The predicted molar refractivity (Wildman–Crippen MR) is 78.8 cm³/mol. The van der Waals surface area contributed by atoms with Gasteiger partial charge in [0.2, 0.25) is 0 Å². The third-order valence-electron chi connectivity index (χ3n) is 2.73. The zero-order valence-corrected chi connectivity index (χ0v) is 12.6. The van der Waals surface area contributed by atoms with Crippen molar-refractivity contribution in [3.63, 3.8) is 0 Å². The van der Waals surface area contributed by atoms with Gasteiger partial charge in [0.1, 0.15) is 5.75 Å². The third-order valence-corrected chi connectivity index (χ3v) is 2.73. The van der Waals surface area contributed by atoms with Crippen molar-refractivity contribution in [1.82, 2.24) is 0 Å². The standard InChI is InChI=1S/C16H27NO/c1-15(2,3)9-11-7-12(10-16(4,5)6)14(18)13(17)8-11/h7-8,18H,9-10,17H2,1-6H3. The van der Waals surface area contributed by atoms with Crippen molar-refractivity contribution in [2.45, 2.75) is 54.4 Å². The molecule has 0 radical (unpaired) electrons. The molecule has 0 amide bonds. The second kappa shape index (κ2) is 4.83. The fraction of sp³-hybridized carbons (Fsp3) is 0.625. The molecule has 0 aromatic heterocycles. The Morgan fingerprint density at radius 3 is 1.89 bits per heavy atom. The highest BCUT2D eigenvalue weighted by Gasteiger charge is 2.18. The van der Waals surface area contributed by atoms with E-state index in [2.05, 4.69) is 47.6 Å². The fourth-order valence-corrected chi connectivity index (χ4v) is 2.21. The minimum Gasteiger partial charge on any atom is -0.506 e. The van der Waals surface area contributed by atoms with E-state index in [1.807, 2.05) is 6.07 Å². The van der Waals surface area contributed by atoms with Gasteiger partial charge in [0.25, 0.3) is 0 Å². The number of hydrogen-bond donors (Lipinski definition) is 2. The minimum atomic E-state index is 0.143. The smallest absolute Gasteiger partial charge is 0.141 e. The van der Waals surface area contributed by atoms with Crippen molar-refractivity contribution in [3.05, 3.63) is 23.3 Å². The summed E-state index contributed by atoms with van der Waals surface area (Å²) in [6.07, 6.45) is 1.80. The zero-order chi connectivity index (χ0) is 14.1. The fourth-order valence-electron chi connectivity index (χ4n) is 2.21. The Morgan fingerprint density at radius 1 is 0.944 bits per heavy atom. The molecule has 2 nitrogen and oxygen atoms in total. The number of phenols is 1. The lowest BCUT2D eigenvalue weighted by Gasteiger charge is -2.22. The van der Waals surface area contributed by atoms with E-state index in [1.54, 1.807) is 0 Å². The third kappa shape index (κ3) is 4.59. The summed E-state index contributed by atoms with van der Waals surface area (Å²) in [7, 11) is 0. The van der Waals surface area contributed by atoms with Crippen LogP contribution in [0.5, 0.6) is 5.75 Å². The number of rotatable bonds is 2. The Hall–Kier alpha value is -1.18. The number of nitrogen functional groups attached to an aromatic ring is 1. The second-order valence-corrected chi connectivity index (χ2v) is 7.67. The molecule has 0 heterocycles. The van der Waals surface area contributed by atoms with E-state index < -0.39 is 0 Å². The van der Waals surface area contributed by atoms with Crippen LogP contribution in [0.1, 0.15) is 52.7 Å². The number of phenolic OH excluding ortho intramolecular Hbond substituents is 1. The first kappa shape index (κ1) is 14.9. The average molecular weight is 249 g/mol. The molecule has 18 heavy (non-hydrogen) atoms. The van der Waals surface area contributed by atoms with Gasteiger partial charge in [0, 0.05) is 0 Å².